The average Bonchev–Trinajstić information content (AvgIpc) is 2.35. The van der Waals surface area contributed by atoms with Crippen molar-refractivity contribution in [3.05, 3.63) is 57.6 Å². The highest BCUT2D eigenvalue weighted by Crippen LogP contribution is 2.24. The summed E-state index contributed by atoms with van der Waals surface area (Å²) in [7, 11) is 0. The van der Waals surface area contributed by atoms with Gasteiger partial charge < -0.3 is 11.1 Å². The van der Waals surface area contributed by atoms with Gasteiger partial charge >= 0.3 is 0 Å². The second kappa shape index (κ2) is 5.64. The minimum Gasteiger partial charge on any atom is -0.396 e. The minimum absolute atomic E-state index is 0.110. The van der Waals surface area contributed by atoms with Gasteiger partial charge in [0.25, 0.3) is 5.91 Å². The number of hydrogen-bond donors (Lipinski definition) is 2. The van der Waals surface area contributed by atoms with Crippen LogP contribution in [-0.4, -0.2) is 5.91 Å². The molecule has 0 bridgehead atoms. The van der Waals surface area contributed by atoms with Crippen molar-refractivity contribution in [2.24, 2.45) is 0 Å². The fourth-order valence-corrected chi connectivity index (χ4v) is 2.02. The molecule has 0 aliphatic rings. The van der Waals surface area contributed by atoms with Gasteiger partial charge in [-0.1, -0.05) is 23.2 Å². The van der Waals surface area contributed by atoms with Gasteiger partial charge in [-0.3, -0.25) is 4.79 Å². The number of benzene rings is 2. The molecule has 0 saturated carbocycles. The van der Waals surface area contributed by atoms with Crippen LogP contribution in [0.5, 0.6) is 0 Å². The van der Waals surface area contributed by atoms with Crippen LogP contribution in [0.25, 0.3) is 0 Å². The van der Waals surface area contributed by atoms with E-state index in [1.165, 1.54) is 18.2 Å². The molecule has 2 aromatic rings. The highest BCUT2D eigenvalue weighted by atomic mass is 35.5. The van der Waals surface area contributed by atoms with E-state index in [0.29, 0.717) is 11.1 Å². The first-order valence-corrected chi connectivity index (χ1v) is 6.15. The Hall–Kier alpha value is -1.85. The Labute approximate surface area is 123 Å². The molecule has 3 N–H and O–H groups in total. The summed E-state index contributed by atoms with van der Waals surface area (Å²) in [4.78, 5) is 12.0. The third-order valence-corrected chi connectivity index (χ3v) is 3.06. The Kier molecular flexibility index (Phi) is 4.11. The lowest BCUT2D eigenvalue weighted by Crippen LogP contribution is -2.14. The predicted octanol–water partition coefficient (Wildman–Crippen LogP) is 4.11. The highest BCUT2D eigenvalue weighted by Gasteiger charge is 2.14. The lowest BCUT2D eigenvalue weighted by molar-refractivity contribution is 0.102. The molecule has 0 spiro atoms. The van der Waals surface area contributed by atoms with Gasteiger partial charge in [0.15, 0.2) is 0 Å². The van der Waals surface area contributed by atoms with Crippen LogP contribution >= 0.6 is 23.2 Å². The van der Waals surface area contributed by atoms with Crippen LogP contribution in [0.3, 0.4) is 0 Å². The quantitative estimate of drug-likeness (QED) is 0.819. The first kappa shape index (κ1) is 14.6. The van der Waals surface area contributed by atoms with E-state index in [1.807, 2.05) is 0 Å². The van der Waals surface area contributed by atoms with E-state index in [2.05, 4.69) is 5.32 Å². The Morgan fingerprint density at radius 3 is 2.45 bits per heavy atom. The van der Waals surface area contributed by atoms with E-state index in [4.69, 9.17) is 28.9 Å². The smallest absolute Gasteiger partial charge is 0.257 e. The fourth-order valence-electron chi connectivity index (χ4n) is 1.52. The number of nitrogen functional groups attached to an aromatic ring is 1. The van der Waals surface area contributed by atoms with Crippen LogP contribution in [0, 0.1) is 11.6 Å². The minimum atomic E-state index is -0.935. The van der Waals surface area contributed by atoms with Gasteiger partial charge in [-0.25, -0.2) is 8.78 Å². The zero-order valence-electron chi connectivity index (χ0n) is 9.88. The monoisotopic (exact) mass is 316 g/mol. The number of nitrogens with one attached hydrogen (secondary N) is 1. The van der Waals surface area contributed by atoms with Crippen LogP contribution in [0.2, 0.25) is 10.0 Å². The topological polar surface area (TPSA) is 55.1 Å². The molecule has 3 nitrogen and oxygen atoms in total. The molecule has 0 atom stereocenters. The lowest BCUT2D eigenvalue weighted by atomic mass is 10.2. The van der Waals surface area contributed by atoms with E-state index in [-0.39, 0.29) is 22.0 Å². The number of carbonyl (C=O) groups excluding carboxylic acids is 1. The predicted molar refractivity (Wildman–Crippen MR) is 75.2 cm³/mol. The number of nitrogens with two attached hydrogens (primary N) is 1. The van der Waals surface area contributed by atoms with Gasteiger partial charge in [-0.05, 0) is 24.3 Å². The maximum absolute atomic E-state index is 13.5. The number of rotatable bonds is 2. The molecule has 0 aliphatic carbocycles. The lowest BCUT2D eigenvalue weighted by Gasteiger charge is -2.09. The number of amides is 1. The third kappa shape index (κ3) is 3.00. The van der Waals surface area contributed by atoms with Gasteiger partial charge in [-0.15, -0.1) is 0 Å². The molecule has 0 fully saturated rings. The summed E-state index contributed by atoms with van der Waals surface area (Å²) in [6, 6.07) is 5.83. The summed E-state index contributed by atoms with van der Waals surface area (Å²) in [6.07, 6.45) is 0. The van der Waals surface area contributed by atoms with Crippen LogP contribution in [0.1, 0.15) is 10.4 Å². The molecule has 0 aromatic heterocycles. The zero-order chi connectivity index (χ0) is 14.9. The summed E-state index contributed by atoms with van der Waals surface area (Å²) in [5, 5.41) is 2.75. The first-order valence-electron chi connectivity index (χ1n) is 5.39. The van der Waals surface area contributed by atoms with Gasteiger partial charge in [0.1, 0.15) is 11.6 Å². The largest absolute Gasteiger partial charge is 0.396 e. The molecule has 7 heteroatoms. The molecule has 0 saturated heterocycles. The molecule has 1 amide bonds. The second-order valence-electron chi connectivity index (χ2n) is 3.93. The molecular weight excluding hydrogens is 309 g/mol. The normalized spacial score (nSPS) is 10.4. The Morgan fingerprint density at radius 2 is 1.80 bits per heavy atom. The van der Waals surface area contributed by atoms with Gasteiger partial charge in [0.2, 0.25) is 0 Å². The van der Waals surface area contributed by atoms with Crippen molar-refractivity contribution in [3.8, 4) is 0 Å². The van der Waals surface area contributed by atoms with Crippen LogP contribution in [-0.2, 0) is 0 Å². The molecular formula is C13H8Cl2F2N2O. The highest BCUT2D eigenvalue weighted by molar-refractivity contribution is 6.37. The summed E-state index contributed by atoms with van der Waals surface area (Å²) in [5.41, 5.74) is 4.92. The molecule has 20 heavy (non-hydrogen) atoms. The van der Waals surface area contributed by atoms with Crippen molar-refractivity contribution in [3.63, 3.8) is 0 Å². The standard InChI is InChI=1S/C13H8Cl2F2N2O/c14-6-1-2-7(8(15)3-6)13(20)19-12-5-11(18)9(16)4-10(12)17/h1-5H,18H2,(H,19,20). The van der Waals surface area contributed by atoms with Crippen molar-refractivity contribution >= 4 is 40.5 Å². The number of halogens is 4. The van der Waals surface area contributed by atoms with Gasteiger partial charge in [0.05, 0.1) is 22.0 Å². The van der Waals surface area contributed by atoms with Crippen molar-refractivity contribution in [2.75, 3.05) is 11.1 Å². The van der Waals surface area contributed by atoms with Crippen molar-refractivity contribution in [1.82, 2.24) is 0 Å². The van der Waals surface area contributed by atoms with Crippen LogP contribution < -0.4 is 11.1 Å². The molecule has 104 valence electrons. The summed E-state index contributed by atoms with van der Waals surface area (Å²) in [6.45, 7) is 0. The second-order valence-corrected chi connectivity index (χ2v) is 4.78. The van der Waals surface area contributed by atoms with Gasteiger partial charge in [-0.2, -0.15) is 0 Å². The summed E-state index contributed by atoms with van der Waals surface area (Å²) in [5.74, 6) is -2.49. The van der Waals surface area contributed by atoms with Crippen molar-refractivity contribution in [1.29, 1.82) is 0 Å². The Morgan fingerprint density at radius 1 is 1.10 bits per heavy atom. The van der Waals surface area contributed by atoms with E-state index >= 15 is 0 Å². The zero-order valence-corrected chi connectivity index (χ0v) is 11.4. The molecule has 0 aliphatic heterocycles. The molecule has 2 rings (SSSR count). The maximum atomic E-state index is 13.5. The fraction of sp³-hybridized carbons (Fsp3) is 0. The third-order valence-electron chi connectivity index (χ3n) is 2.51. The molecule has 2 aromatic carbocycles. The maximum Gasteiger partial charge on any atom is 0.257 e. The summed E-state index contributed by atoms with van der Waals surface area (Å²) >= 11 is 11.6. The summed E-state index contributed by atoms with van der Waals surface area (Å²) < 4.78 is 26.5. The Balaban J connectivity index is 2.30. The SMILES string of the molecule is Nc1cc(NC(=O)c2ccc(Cl)cc2Cl)c(F)cc1F. The van der Waals surface area contributed by atoms with Crippen molar-refractivity contribution < 1.29 is 13.6 Å². The number of carbonyl (C=O) groups is 1. The molecule has 0 heterocycles. The van der Waals surface area contributed by atoms with E-state index in [9.17, 15) is 13.6 Å². The number of hydrogen-bond acceptors (Lipinski definition) is 2. The molecule has 0 unspecified atom stereocenters. The average molecular weight is 317 g/mol. The van der Waals surface area contributed by atoms with E-state index in [0.717, 1.165) is 6.07 Å². The Bertz CT molecular complexity index is 692. The number of anilines is 2. The van der Waals surface area contributed by atoms with E-state index in [1.54, 1.807) is 0 Å². The van der Waals surface area contributed by atoms with Crippen LogP contribution in [0.15, 0.2) is 30.3 Å². The van der Waals surface area contributed by atoms with E-state index < -0.39 is 17.5 Å². The van der Waals surface area contributed by atoms with Crippen molar-refractivity contribution in [2.45, 2.75) is 0 Å². The van der Waals surface area contributed by atoms with Crippen LogP contribution in [0.4, 0.5) is 20.2 Å². The molecule has 0 radical (unpaired) electrons. The van der Waals surface area contributed by atoms with Gasteiger partial charge in [0, 0.05) is 11.1 Å². The first-order chi connectivity index (χ1) is 9.38.